The van der Waals surface area contributed by atoms with Crippen LogP contribution in [-0.4, -0.2) is 18.6 Å². The lowest BCUT2D eigenvalue weighted by molar-refractivity contribution is 0.601. The number of halogens is 1. The number of aromatic nitrogens is 2. The normalized spacial score (nSPS) is 10.8. The lowest BCUT2D eigenvalue weighted by atomic mass is 10.2. The van der Waals surface area contributed by atoms with Crippen LogP contribution in [0.1, 0.15) is 5.56 Å². The Labute approximate surface area is 118 Å². The van der Waals surface area contributed by atoms with Gasteiger partial charge in [-0.3, -0.25) is 9.52 Å². The van der Waals surface area contributed by atoms with Gasteiger partial charge in [-0.2, -0.15) is 10.4 Å². The second-order valence-electron chi connectivity index (χ2n) is 3.67. The predicted molar refractivity (Wildman–Crippen MR) is 71.8 cm³/mol. The van der Waals surface area contributed by atoms with E-state index in [4.69, 9.17) is 16.9 Å². The van der Waals surface area contributed by atoms with Crippen LogP contribution >= 0.6 is 11.6 Å². The average Bonchev–Trinajstić information content (AvgIpc) is 2.41. The maximum atomic E-state index is 12.1. The highest BCUT2D eigenvalue weighted by Gasteiger charge is 2.19. The summed E-state index contributed by atoms with van der Waals surface area (Å²) in [5.41, 5.74) is -0.304. The number of H-pyrrole nitrogens is 1. The summed E-state index contributed by atoms with van der Waals surface area (Å²) in [5, 5.41) is 14.4. The zero-order valence-electron chi connectivity index (χ0n) is 9.79. The van der Waals surface area contributed by atoms with E-state index in [1.54, 1.807) is 0 Å². The highest BCUT2D eigenvalue weighted by atomic mass is 35.5. The number of benzene rings is 1. The molecule has 0 aliphatic carbocycles. The molecule has 0 saturated heterocycles. The Morgan fingerprint density at radius 3 is 2.65 bits per heavy atom. The molecule has 0 unspecified atom stereocenters. The highest BCUT2D eigenvalue weighted by Crippen LogP contribution is 2.24. The second kappa shape index (κ2) is 5.32. The summed E-state index contributed by atoms with van der Waals surface area (Å²) in [6, 6.07) is 8.02. The summed E-state index contributed by atoms with van der Waals surface area (Å²) < 4.78 is 26.4. The Bertz CT molecular complexity index is 834. The minimum Gasteiger partial charge on any atom is -0.268 e. The van der Waals surface area contributed by atoms with Gasteiger partial charge in [-0.15, -0.1) is 0 Å². The standard InChI is InChI=1S/C11H7ClN4O3S/c12-8-2-1-7(6-13)5-9(8)20(18,19)16-10-3-4-11(17)15-14-10/h1-5H,(H,14,16)(H,15,17). The van der Waals surface area contributed by atoms with E-state index < -0.39 is 15.6 Å². The van der Waals surface area contributed by atoms with Crippen molar-refractivity contribution in [2.45, 2.75) is 4.90 Å². The Hall–Kier alpha value is -2.37. The number of nitrogens with zero attached hydrogens (tertiary/aromatic N) is 2. The molecule has 1 aromatic heterocycles. The Morgan fingerprint density at radius 2 is 2.05 bits per heavy atom. The average molecular weight is 311 g/mol. The van der Waals surface area contributed by atoms with Crippen LogP contribution in [0.15, 0.2) is 40.0 Å². The minimum atomic E-state index is -4.01. The van der Waals surface area contributed by atoms with Gasteiger partial charge in [0.25, 0.3) is 15.6 Å². The van der Waals surface area contributed by atoms with Crippen molar-refractivity contribution in [1.82, 2.24) is 10.2 Å². The molecule has 0 atom stereocenters. The first-order valence-corrected chi connectivity index (χ1v) is 7.07. The molecule has 2 N–H and O–H groups in total. The van der Waals surface area contributed by atoms with E-state index in [9.17, 15) is 13.2 Å². The van der Waals surface area contributed by atoms with Crippen LogP contribution in [-0.2, 0) is 10.0 Å². The number of sulfonamides is 1. The highest BCUT2D eigenvalue weighted by molar-refractivity contribution is 7.92. The van der Waals surface area contributed by atoms with Crippen molar-refractivity contribution in [2.75, 3.05) is 4.72 Å². The number of hydrogen-bond acceptors (Lipinski definition) is 5. The van der Waals surface area contributed by atoms with E-state index in [-0.39, 0.29) is 21.3 Å². The molecule has 0 fully saturated rings. The summed E-state index contributed by atoms with van der Waals surface area (Å²) in [5.74, 6) is -0.0666. The molecular formula is C11H7ClN4O3S. The maximum Gasteiger partial charge on any atom is 0.264 e. The van der Waals surface area contributed by atoms with E-state index in [0.29, 0.717) is 0 Å². The molecule has 2 rings (SSSR count). The fraction of sp³-hybridized carbons (Fsp3) is 0. The van der Waals surface area contributed by atoms with Crippen molar-refractivity contribution < 1.29 is 8.42 Å². The molecule has 9 heteroatoms. The molecule has 7 nitrogen and oxygen atoms in total. The van der Waals surface area contributed by atoms with Crippen LogP contribution in [0.3, 0.4) is 0 Å². The Kier molecular flexibility index (Phi) is 3.74. The summed E-state index contributed by atoms with van der Waals surface area (Å²) in [4.78, 5) is 10.6. The van der Waals surface area contributed by atoms with Gasteiger partial charge in [0.05, 0.1) is 16.7 Å². The van der Waals surface area contributed by atoms with Gasteiger partial charge >= 0.3 is 0 Å². The molecule has 0 saturated carbocycles. The lowest BCUT2D eigenvalue weighted by Crippen LogP contribution is -2.16. The molecule has 0 aliphatic heterocycles. The van der Waals surface area contributed by atoms with Crippen molar-refractivity contribution in [3.05, 3.63) is 51.3 Å². The van der Waals surface area contributed by atoms with Gasteiger partial charge in [0.2, 0.25) is 0 Å². The van der Waals surface area contributed by atoms with Crippen molar-refractivity contribution >= 4 is 27.4 Å². The van der Waals surface area contributed by atoms with Crippen molar-refractivity contribution in [3.8, 4) is 6.07 Å². The smallest absolute Gasteiger partial charge is 0.264 e. The van der Waals surface area contributed by atoms with Crippen molar-refractivity contribution in [3.63, 3.8) is 0 Å². The van der Waals surface area contributed by atoms with Crippen molar-refractivity contribution in [1.29, 1.82) is 5.26 Å². The van der Waals surface area contributed by atoms with Gasteiger partial charge < -0.3 is 0 Å². The maximum absolute atomic E-state index is 12.1. The van der Waals surface area contributed by atoms with Crippen LogP contribution in [0, 0.1) is 11.3 Å². The number of nitriles is 1. The molecule has 102 valence electrons. The number of nitrogens with one attached hydrogen (secondary N) is 2. The first-order valence-electron chi connectivity index (χ1n) is 5.20. The lowest BCUT2D eigenvalue weighted by Gasteiger charge is -2.08. The number of hydrogen-bond donors (Lipinski definition) is 2. The third kappa shape index (κ3) is 2.96. The number of rotatable bonds is 3. The summed E-state index contributed by atoms with van der Waals surface area (Å²) in [6.45, 7) is 0. The fourth-order valence-corrected chi connectivity index (χ4v) is 2.90. The van der Waals surface area contributed by atoms with Crippen LogP contribution in [0.4, 0.5) is 5.82 Å². The monoisotopic (exact) mass is 310 g/mol. The first kappa shape index (κ1) is 14.0. The second-order valence-corrected chi connectivity index (χ2v) is 5.73. The van der Waals surface area contributed by atoms with E-state index >= 15 is 0 Å². The number of anilines is 1. The molecule has 0 spiro atoms. The topological polar surface area (TPSA) is 116 Å². The van der Waals surface area contributed by atoms with Gasteiger partial charge in [-0.1, -0.05) is 11.6 Å². The van der Waals surface area contributed by atoms with Gasteiger partial charge in [-0.25, -0.2) is 13.5 Å². The molecule has 0 amide bonds. The molecule has 0 radical (unpaired) electrons. The van der Waals surface area contributed by atoms with E-state index in [0.717, 1.165) is 12.1 Å². The molecule has 0 aliphatic rings. The van der Waals surface area contributed by atoms with Crippen LogP contribution in [0.5, 0.6) is 0 Å². The van der Waals surface area contributed by atoms with Crippen LogP contribution in [0.25, 0.3) is 0 Å². The van der Waals surface area contributed by atoms with Crippen LogP contribution < -0.4 is 10.3 Å². The summed E-state index contributed by atoms with van der Waals surface area (Å²) >= 11 is 5.82. The summed E-state index contributed by atoms with van der Waals surface area (Å²) in [6.07, 6.45) is 0. The zero-order valence-corrected chi connectivity index (χ0v) is 11.4. The molecule has 1 heterocycles. The number of aromatic amines is 1. The fourth-order valence-electron chi connectivity index (χ4n) is 1.37. The quantitative estimate of drug-likeness (QED) is 0.880. The third-order valence-electron chi connectivity index (χ3n) is 2.27. The molecular weight excluding hydrogens is 304 g/mol. The molecule has 20 heavy (non-hydrogen) atoms. The zero-order chi connectivity index (χ0) is 14.8. The Balaban J connectivity index is 2.43. The molecule has 2 aromatic rings. The largest absolute Gasteiger partial charge is 0.268 e. The molecule has 0 bridgehead atoms. The van der Waals surface area contributed by atoms with E-state index in [2.05, 4.69) is 14.9 Å². The first-order chi connectivity index (χ1) is 9.42. The summed E-state index contributed by atoms with van der Waals surface area (Å²) in [7, 11) is -4.01. The van der Waals surface area contributed by atoms with E-state index in [1.807, 2.05) is 6.07 Å². The molecule has 1 aromatic carbocycles. The third-order valence-corrected chi connectivity index (χ3v) is 4.10. The van der Waals surface area contributed by atoms with Crippen molar-refractivity contribution in [2.24, 2.45) is 0 Å². The van der Waals surface area contributed by atoms with E-state index in [1.165, 1.54) is 18.2 Å². The van der Waals surface area contributed by atoms with Gasteiger partial charge in [-0.05, 0) is 24.3 Å². The van der Waals surface area contributed by atoms with Crippen LogP contribution in [0.2, 0.25) is 5.02 Å². The van der Waals surface area contributed by atoms with Gasteiger partial charge in [0, 0.05) is 6.07 Å². The van der Waals surface area contributed by atoms with Gasteiger partial charge in [0.1, 0.15) is 4.90 Å². The SMILES string of the molecule is N#Cc1ccc(Cl)c(S(=O)(=O)Nc2ccc(=O)[nH]n2)c1. The minimum absolute atomic E-state index is 0.0269. The van der Waals surface area contributed by atoms with Gasteiger partial charge in [0.15, 0.2) is 5.82 Å². The Morgan fingerprint density at radius 1 is 1.30 bits per heavy atom. The predicted octanol–water partition coefficient (Wildman–Crippen LogP) is 1.10.